The van der Waals surface area contributed by atoms with Gasteiger partial charge in [0.1, 0.15) is 11.5 Å². The van der Waals surface area contributed by atoms with Crippen LogP contribution in [-0.4, -0.2) is 34.2 Å². The molecule has 0 bridgehead atoms. The fourth-order valence-electron chi connectivity index (χ4n) is 2.96. The number of hydrogen-bond acceptors (Lipinski definition) is 6. The minimum Gasteiger partial charge on any atom is -0.461 e. The molecule has 0 saturated carbocycles. The van der Waals surface area contributed by atoms with E-state index in [0.717, 1.165) is 0 Å². The number of nitrogens with two attached hydrogens (primary N) is 1. The molecule has 0 aliphatic carbocycles. The van der Waals surface area contributed by atoms with Crippen molar-refractivity contribution in [2.24, 2.45) is 0 Å². The summed E-state index contributed by atoms with van der Waals surface area (Å²) in [6.45, 7) is 4.96. The number of carbonyl (C=O) groups is 3. The summed E-state index contributed by atoms with van der Waals surface area (Å²) in [5.74, 6) is -0.754. The summed E-state index contributed by atoms with van der Waals surface area (Å²) in [6.07, 6.45) is 2.97. The molecule has 0 aromatic carbocycles. The van der Waals surface area contributed by atoms with Crippen molar-refractivity contribution in [2.75, 3.05) is 17.7 Å². The first-order chi connectivity index (χ1) is 12.3. The van der Waals surface area contributed by atoms with Crippen molar-refractivity contribution < 1.29 is 19.1 Å². The molecular weight excluding hydrogens is 336 g/mol. The lowest BCUT2D eigenvalue weighted by Gasteiger charge is -2.00. The number of aromatic amines is 1. The summed E-state index contributed by atoms with van der Waals surface area (Å²) >= 11 is 0. The van der Waals surface area contributed by atoms with Crippen LogP contribution in [0.2, 0.25) is 0 Å². The van der Waals surface area contributed by atoms with E-state index in [1.807, 2.05) is 0 Å². The Morgan fingerprint density at radius 3 is 2.77 bits per heavy atom. The van der Waals surface area contributed by atoms with Crippen LogP contribution in [0.25, 0.3) is 11.6 Å². The van der Waals surface area contributed by atoms with E-state index in [4.69, 9.17) is 10.5 Å². The van der Waals surface area contributed by atoms with Crippen molar-refractivity contribution in [3.8, 4) is 0 Å². The molecule has 3 rings (SSSR count). The van der Waals surface area contributed by atoms with Gasteiger partial charge in [0.25, 0.3) is 5.91 Å². The molecule has 0 fully saturated rings. The summed E-state index contributed by atoms with van der Waals surface area (Å²) in [4.78, 5) is 43.5. The van der Waals surface area contributed by atoms with Gasteiger partial charge in [-0.05, 0) is 38.5 Å². The fourth-order valence-corrected chi connectivity index (χ4v) is 2.96. The van der Waals surface area contributed by atoms with E-state index < -0.39 is 5.97 Å². The number of anilines is 2. The number of carbonyl (C=O) groups excluding carboxylic acids is 3. The highest BCUT2D eigenvalue weighted by atomic mass is 16.5. The molecule has 1 aliphatic rings. The van der Waals surface area contributed by atoms with E-state index in [0.29, 0.717) is 39.5 Å². The van der Waals surface area contributed by atoms with Crippen molar-refractivity contribution in [2.45, 2.75) is 20.8 Å². The Hall–Kier alpha value is -3.42. The first-order valence-electron chi connectivity index (χ1n) is 8.03. The van der Waals surface area contributed by atoms with Crippen LogP contribution in [-0.2, 0) is 9.53 Å². The van der Waals surface area contributed by atoms with E-state index >= 15 is 0 Å². The van der Waals surface area contributed by atoms with Crippen LogP contribution in [0.5, 0.6) is 0 Å². The normalized spacial score (nSPS) is 14.3. The molecule has 0 spiro atoms. The molecule has 4 N–H and O–H groups in total. The van der Waals surface area contributed by atoms with E-state index in [2.05, 4.69) is 15.3 Å². The Balaban J connectivity index is 2.16. The molecule has 26 heavy (non-hydrogen) atoms. The van der Waals surface area contributed by atoms with E-state index in [1.54, 1.807) is 19.9 Å². The first kappa shape index (κ1) is 17.4. The molecular formula is C18H18N4O4. The molecule has 0 unspecified atom stereocenters. The molecule has 8 heteroatoms. The van der Waals surface area contributed by atoms with Gasteiger partial charge < -0.3 is 20.8 Å². The van der Waals surface area contributed by atoms with Crippen LogP contribution in [0.15, 0.2) is 12.3 Å². The number of hydrogen-bond donors (Lipinski definition) is 3. The minimum atomic E-state index is -0.556. The van der Waals surface area contributed by atoms with Gasteiger partial charge in [-0.1, -0.05) is 0 Å². The summed E-state index contributed by atoms with van der Waals surface area (Å²) in [6, 6.07) is 1.63. The van der Waals surface area contributed by atoms with Gasteiger partial charge in [-0.2, -0.15) is 0 Å². The van der Waals surface area contributed by atoms with Crippen LogP contribution in [0.3, 0.4) is 0 Å². The number of esters is 1. The lowest BCUT2D eigenvalue weighted by molar-refractivity contribution is -0.110. The fraction of sp³-hybridized carbons (Fsp3) is 0.222. The number of aromatic nitrogens is 2. The number of amides is 1. The highest BCUT2D eigenvalue weighted by molar-refractivity contribution is 6.34. The molecule has 8 nitrogen and oxygen atoms in total. The van der Waals surface area contributed by atoms with Gasteiger partial charge in [0.15, 0.2) is 5.78 Å². The minimum absolute atomic E-state index is 0.188. The summed E-state index contributed by atoms with van der Waals surface area (Å²) < 4.78 is 5.01. The van der Waals surface area contributed by atoms with Crippen molar-refractivity contribution >= 4 is 40.8 Å². The number of nitrogens with zero attached hydrogens (tertiary/aromatic N) is 1. The Bertz CT molecular complexity index is 972. The molecule has 1 amide bonds. The van der Waals surface area contributed by atoms with E-state index in [1.165, 1.54) is 19.2 Å². The number of ether oxygens (including phenoxy) is 1. The lowest BCUT2D eigenvalue weighted by Crippen LogP contribution is -2.07. The van der Waals surface area contributed by atoms with Gasteiger partial charge in [-0.3, -0.25) is 9.59 Å². The van der Waals surface area contributed by atoms with Crippen LogP contribution in [0.4, 0.5) is 11.5 Å². The molecule has 134 valence electrons. The average Bonchev–Trinajstić information content (AvgIpc) is 3.05. The van der Waals surface area contributed by atoms with Crippen molar-refractivity contribution in [1.82, 2.24) is 9.97 Å². The van der Waals surface area contributed by atoms with Gasteiger partial charge in [0.2, 0.25) is 0 Å². The highest BCUT2D eigenvalue weighted by Gasteiger charge is 2.28. The lowest BCUT2D eigenvalue weighted by atomic mass is 10.0. The topological polar surface area (TPSA) is 127 Å². The van der Waals surface area contributed by atoms with Crippen LogP contribution >= 0.6 is 0 Å². The van der Waals surface area contributed by atoms with Crippen LogP contribution in [0, 0.1) is 6.92 Å². The SMILES string of the molecule is CCOC(=O)c1[nH]c(C=C2C(=O)Nc3ncc(N)cc32)c(C(C)=O)c1C. The second-order valence-electron chi connectivity index (χ2n) is 5.87. The summed E-state index contributed by atoms with van der Waals surface area (Å²) in [7, 11) is 0. The predicted octanol–water partition coefficient (Wildman–Crippen LogP) is 2.17. The summed E-state index contributed by atoms with van der Waals surface area (Å²) in [5, 5.41) is 2.64. The first-order valence-corrected chi connectivity index (χ1v) is 8.03. The molecule has 0 atom stereocenters. The van der Waals surface area contributed by atoms with Crippen LogP contribution in [0.1, 0.15) is 51.5 Å². The zero-order valence-corrected chi connectivity index (χ0v) is 14.6. The molecule has 2 aromatic rings. The number of rotatable bonds is 4. The number of ketones is 1. The Morgan fingerprint density at radius 2 is 2.12 bits per heavy atom. The van der Waals surface area contributed by atoms with Gasteiger partial charge in [0.05, 0.1) is 29.8 Å². The third-order valence-electron chi connectivity index (χ3n) is 4.07. The summed E-state index contributed by atoms with van der Waals surface area (Å²) in [5.41, 5.74) is 8.37. The number of Topliss-reactive ketones (excluding diaryl/α,β-unsaturated/α-hetero) is 1. The zero-order chi connectivity index (χ0) is 19.0. The van der Waals surface area contributed by atoms with E-state index in [-0.39, 0.29) is 24.0 Å². The molecule has 0 saturated heterocycles. The van der Waals surface area contributed by atoms with Crippen molar-refractivity contribution in [3.05, 3.63) is 40.3 Å². The number of nitrogen functional groups attached to an aromatic ring is 1. The second kappa shape index (κ2) is 6.47. The van der Waals surface area contributed by atoms with Crippen LogP contribution < -0.4 is 11.1 Å². The maximum atomic E-state index is 12.3. The number of nitrogens with one attached hydrogen (secondary N) is 2. The zero-order valence-electron chi connectivity index (χ0n) is 14.6. The maximum Gasteiger partial charge on any atom is 0.355 e. The van der Waals surface area contributed by atoms with E-state index in [9.17, 15) is 14.4 Å². The standard InChI is InChI=1S/C18H18N4O4/c1-4-26-18(25)15-8(2)14(9(3)23)13(21-15)6-12-11-5-10(19)7-20-16(11)22-17(12)24/h5-7,21H,4,19H2,1-3H3,(H,20,22,24). The number of fused-ring (bicyclic) bond motifs is 1. The van der Waals surface area contributed by atoms with Gasteiger partial charge in [-0.15, -0.1) is 0 Å². The van der Waals surface area contributed by atoms with Crippen molar-refractivity contribution in [3.63, 3.8) is 0 Å². The van der Waals surface area contributed by atoms with Gasteiger partial charge in [0, 0.05) is 11.1 Å². The Kier molecular flexibility index (Phi) is 4.33. The quantitative estimate of drug-likeness (QED) is 0.439. The predicted molar refractivity (Wildman–Crippen MR) is 96.6 cm³/mol. The van der Waals surface area contributed by atoms with Crippen molar-refractivity contribution in [1.29, 1.82) is 0 Å². The number of H-pyrrole nitrogens is 1. The smallest absolute Gasteiger partial charge is 0.355 e. The average molecular weight is 354 g/mol. The number of pyridine rings is 1. The van der Waals surface area contributed by atoms with Gasteiger partial charge in [-0.25, -0.2) is 9.78 Å². The second-order valence-corrected chi connectivity index (χ2v) is 5.87. The third kappa shape index (κ3) is 2.85. The largest absolute Gasteiger partial charge is 0.461 e. The van der Waals surface area contributed by atoms with Gasteiger partial charge >= 0.3 is 5.97 Å². The molecule has 3 heterocycles. The molecule has 0 radical (unpaired) electrons. The Morgan fingerprint density at radius 1 is 1.38 bits per heavy atom. The third-order valence-corrected chi connectivity index (χ3v) is 4.07. The highest BCUT2D eigenvalue weighted by Crippen LogP contribution is 2.33. The molecule has 1 aliphatic heterocycles. The Labute approximate surface area is 149 Å². The molecule has 2 aromatic heterocycles. The monoisotopic (exact) mass is 354 g/mol. The maximum absolute atomic E-state index is 12.3.